The Balaban J connectivity index is 1.74. The quantitative estimate of drug-likeness (QED) is 0.765. The third-order valence-electron chi connectivity index (χ3n) is 5.81. The number of rotatable bonds is 5. The van der Waals surface area contributed by atoms with E-state index in [2.05, 4.69) is 10.2 Å². The normalized spacial score (nSPS) is 19.6. The lowest BCUT2D eigenvalue weighted by atomic mass is 10.0. The molecule has 4 amide bonds. The Bertz CT molecular complexity index is 819. The van der Waals surface area contributed by atoms with Gasteiger partial charge in [0.25, 0.3) is 5.91 Å². The van der Waals surface area contributed by atoms with Crippen LogP contribution in [0.1, 0.15) is 42.6 Å². The standard InChI is InChI=1S/C22H30N4O4/c1-16(27)23-22(30)20-8-4-3-7-18(20)13-21(29)26-12-11-25(17(2)28)15-19(26)14-24-9-5-6-10-24/h3-4,7-8,19H,5-6,9-15H2,1-2H3,(H,23,27,30). The molecule has 0 spiro atoms. The summed E-state index contributed by atoms with van der Waals surface area (Å²) in [5, 5.41) is 2.27. The van der Waals surface area contributed by atoms with Gasteiger partial charge in [0.15, 0.2) is 0 Å². The number of hydrogen-bond acceptors (Lipinski definition) is 5. The van der Waals surface area contributed by atoms with Crippen LogP contribution >= 0.6 is 0 Å². The first-order chi connectivity index (χ1) is 14.3. The van der Waals surface area contributed by atoms with E-state index in [0.29, 0.717) is 30.8 Å². The molecule has 0 aliphatic carbocycles. The molecule has 0 saturated carbocycles. The number of hydrogen-bond donors (Lipinski definition) is 1. The van der Waals surface area contributed by atoms with Crippen LogP contribution in [0.15, 0.2) is 24.3 Å². The van der Waals surface area contributed by atoms with Crippen LogP contribution in [-0.2, 0) is 20.8 Å². The first-order valence-electron chi connectivity index (χ1n) is 10.5. The summed E-state index contributed by atoms with van der Waals surface area (Å²) in [6.45, 7) is 7.17. The van der Waals surface area contributed by atoms with Gasteiger partial charge < -0.3 is 14.7 Å². The molecule has 30 heavy (non-hydrogen) atoms. The van der Waals surface area contributed by atoms with Crippen molar-refractivity contribution in [2.75, 3.05) is 39.3 Å². The van der Waals surface area contributed by atoms with E-state index in [9.17, 15) is 19.2 Å². The van der Waals surface area contributed by atoms with E-state index in [1.54, 1.807) is 36.1 Å². The number of benzene rings is 1. The van der Waals surface area contributed by atoms with Crippen LogP contribution in [0.25, 0.3) is 0 Å². The molecule has 8 nitrogen and oxygen atoms in total. The van der Waals surface area contributed by atoms with Crippen molar-refractivity contribution in [1.82, 2.24) is 20.0 Å². The first-order valence-corrected chi connectivity index (χ1v) is 10.5. The fourth-order valence-electron chi connectivity index (χ4n) is 4.28. The summed E-state index contributed by atoms with van der Waals surface area (Å²) in [7, 11) is 0. The zero-order valence-corrected chi connectivity index (χ0v) is 17.7. The maximum Gasteiger partial charge on any atom is 0.258 e. The molecular formula is C22H30N4O4. The highest BCUT2D eigenvalue weighted by molar-refractivity contribution is 6.05. The minimum atomic E-state index is -0.499. The van der Waals surface area contributed by atoms with Gasteiger partial charge in [0.1, 0.15) is 0 Å². The summed E-state index contributed by atoms with van der Waals surface area (Å²) < 4.78 is 0. The van der Waals surface area contributed by atoms with Crippen molar-refractivity contribution >= 4 is 23.6 Å². The van der Waals surface area contributed by atoms with Gasteiger partial charge >= 0.3 is 0 Å². The number of likely N-dealkylation sites (tertiary alicyclic amines) is 1. The van der Waals surface area contributed by atoms with Crippen LogP contribution in [0, 0.1) is 0 Å². The van der Waals surface area contributed by atoms with E-state index >= 15 is 0 Å². The second kappa shape index (κ2) is 9.84. The zero-order valence-electron chi connectivity index (χ0n) is 17.7. The summed E-state index contributed by atoms with van der Waals surface area (Å²) in [4.78, 5) is 54.7. The zero-order chi connectivity index (χ0) is 21.7. The van der Waals surface area contributed by atoms with Crippen molar-refractivity contribution in [3.05, 3.63) is 35.4 Å². The molecular weight excluding hydrogens is 384 g/mol. The molecule has 2 heterocycles. The molecule has 0 radical (unpaired) electrons. The van der Waals surface area contributed by atoms with Crippen molar-refractivity contribution in [3.63, 3.8) is 0 Å². The van der Waals surface area contributed by atoms with Crippen LogP contribution < -0.4 is 5.32 Å². The lowest BCUT2D eigenvalue weighted by Gasteiger charge is -2.42. The topological polar surface area (TPSA) is 90.0 Å². The van der Waals surface area contributed by atoms with Crippen molar-refractivity contribution < 1.29 is 19.2 Å². The van der Waals surface area contributed by atoms with E-state index in [1.165, 1.54) is 6.92 Å². The van der Waals surface area contributed by atoms with Gasteiger partial charge in [-0.2, -0.15) is 0 Å². The van der Waals surface area contributed by atoms with Crippen LogP contribution in [0.5, 0.6) is 0 Å². The van der Waals surface area contributed by atoms with Gasteiger partial charge in [-0.1, -0.05) is 18.2 Å². The van der Waals surface area contributed by atoms with E-state index in [4.69, 9.17) is 0 Å². The lowest BCUT2D eigenvalue weighted by Crippen LogP contribution is -2.59. The Labute approximate surface area is 177 Å². The Morgan fingerprint density at radius 2 is 1.70 bits per heavy atom. The van der Waals surface area contributed by atoms with E-state index in [1.807, 2.05) is 4.90 Å². The fraction of sp³-hybridized carbons (Fsp3) is 0.545. The van der Waals surface area contributed by atoms with Gasteiger partial charge in [-0.25, -0.2) is 0 Å². The number of amides is 4. The van der Waals surface area contributed by atoms with Crippen molar-refractivity contribution in [1.29, 1.82) is 0 Å². The monoisotopic (exact) mass is 414 g/mol. The molecule has 0 bridgehead atoms. The highest BCUT2D eigenvalue weighted by Crippen LogP contribution is 2.18. The molecule has 2 aliphatic heterocycles. The van der Waals surface area contributed by atoms with Crippen LogP contribution in [-0.4, -0.2) is 83.6 Å². The summed E-state index contributed by atoms with van der Waals surface area (Å²) in [5.74, 6) is -0.974. The van der Waals surface area contributed by atoms with Crippen molar-refractivity contribution in [3.8, 4) is 0 Å². The molecule has 2 fully saturated rings. The van der Waals surface area contributed by atoms with E-state index in [-0.39, 0.29) is 24.3 Å². The van der Waals surface area contributed by atoms with Crippen LogP contribution in [0.2, 0.25) is 0 Å². The van der Waals surface area contributed by atoms with Gasteiger partial charge in [0, 0.05) is 45.6 Å². The number of nitrogens with one attached hydrogen (secondary N) is 1. The minimum Gasteiger partial charge on any atom is -0.339 e. The molecule has 8 heteroatoms. The second-order valence-corrected chi connectivity index (χ2v) is 8.06. The molecule has 1 atom stereocenters. The molecule has 3 rings (SSSR count). The summed E-state index contributed by atoms with van der Waals surface area (Å²) in [6.07, 6.45) is 2.41. The largest absolute Gasteiger partial charge is 0.339 e. The summed E-state index contributed by atoms with van der Waals surface area (Å²) in [5.41, 5.74) is 0.926. The third kappa shape index (κ3) is 5.44. The predicted octanol–water partition coefficient (Wildman–Crippen LogP) is 0.661. The maximum absolute atomic E-state index is 13.2. The lowest BCUT2D eigenvalue weighted by molar-refractivity contribution is -0.142. The number of imide groups is 1. The molecule has 1 unspecified atom stereocenters. The Morgan fingerprint density at radius 3 is 2.37 bits per heavy atom. The number of piperazine rings is 1. The van der Waals surface area contributed by atoms with Gasteiger partial charge in [0.05, 0.1) is 12.5 Å². The van der Waals surface area contributed by atoms with Crippen molar-refractivity contribution in [2.24, 2.45) is 0 Å². The number of carbonyl (C=O) groups excluding carboxylic acids is 4. The summed E-state index contributed by atoms with van der Waals surface area (Å²) in [6, 6.07) is 6.80. The van der Waals surface area contributed by atoms with E-state index < -0.39 is 11.8 Å². The fourth-order valence-corrected chi connectivity index (χ4v) is 4.28. The molecule has 162 valence electrons. The number of nitrogens with zero attached hydrogens (tertiary/aromatic N) is 3. The summed E-state index contributed by atoms with van der Waals surface area (Å²) >= 11 is 0. The van der Waals surface area contributed by atoms with Gasteiger partial charge in [0.2, 0.25) is 17.7 Å². The molecule has 1 aromatic carbocycles. The minimum absolute atomic E-state index is 0.0276. The van der Waals surface area contributed by atoms with Gasteiger partial charge in [-0.15, -0.1) is 0 Å². The van der Waals surface area contributed by atoms with E-state index in [0.717, 1.165) is 32.5 Å². The van der Waals surface area contributed by atoms with Gasteiger partial charge in [-0.3, -0.25) is 24.5 Å². The number of carbonyl (C=O) groups is 4. The SMILES string of the molecule is CC(=O)NC(=O)c1ccccc1CC(=O)N1CCN(C(C)=O)CC1CN1CCCC1. The Morgan fingerprint density at radius 1 is 1.00 bits per heavy atom. The highest BCUT2D eigenvalue weighted by atomic mass is 16.2. The molecule has 1 aromatic rings. The highest BCUT2D eigenvalue weighted by Gasteiger charge is 2.33. The van der Waals surface area contributed by atoms with Crippen LogP contribution in [0.4, 0.5) is 0 Å². The predicted molar refractivity (Wildman–Crippen MR) is 112 cm³/mol. The van der Waals surface area contributed by atoms with Crippen molar-refractivity contribution in [2.45, 2.75) is 39.2 Å². The molecule has 1 N–H and O–H groups in total. The molecule has 2 aliphatic rings. The average Bonchev–Trinajstić information content (AvgIpc) is 3.20. The average molecular weight is 415 g/mol. The molecule has 0 aromatic heterocycles. The Kier molecular flexibility index (Phi) is 7.20. The Hall–Kier alpha value is -2.74. The molecule has 2 saturated heterocycles. The smallest absolute Gasteiger partial charge is 0.258 e. The van der Waals surface area contributed by atoms with Crippen LogP contribution in [0.3, 0.4) is 0 Å². The third-order valence-corrected chi connectivity index (χ3v) is 5.81. The second-order valence-electron chi connectivity index (χ2n) is 8.06. The first kappa shape index (κ1) is 22.0. The van der Waals surface area contributed by atoms with Gasteiger partial charge in [-0.05, 0) is 37.6 Å². The maximum atomic E-state index is 13.2.